The van der Waals surface area contributed by atoms with Crippen molar-refractivity contribution in [2.24, 2.45) is 0 Å². The van der Waals surface area contributed by atoms with Gasteiger partial charge in [0.15, 0.2) is 12.4 Å². The zero-order valence-electron chi connectivity index (χ0n) is 37.9. The topological polar surface area (TPSA) is 152 Å². The Labute approximate surface area is 365 Å². The van der Waals surface area contributed by atoms with Crippen LogP contribution in [0.15, 0.2) is 48.6 Å². The Morgan fingerprint density at radius 1 is 0.533 bits per heavy atom. The molecule has 0 aromatic rings. The molecule has 0 saturated carbocycles. The smallest absolute Gasteiger partial charge is 0.306 e. The number of unbranched alkanes of at least 4 members (excludes halogenated alkanes) is 21. The Morgan fingerprint density at radius 3 is 1.48 bits per heavy atom. The first kappa shape index (κ1) is 55.7. The van der Waals surface area contributed by atoms with Gasteiger partial charge in [-0.25, -0.2) is 0 Å². The Hall–Kier alpha value is -2.34. The van der Waals surface area contributed by atoms with E-state index in [2.05, 4.69) is 62.5 Å². The molecule has 10 heteroatoms. The van der Waals surface area contributed by atoms with E-state index in [0.29, 0.717) is 6.42 Å². The molecule has 1 rings (SSSR count). The molecule has 1 saturated heterocycles. The first-order chi connectivity index (χ1) is 29.3. The molecule has 4 N–H and O–H groups in total. The highest BCUT2D eigenvalue weighted by atomic mass is 16.7. The van der Waals surface area contributed by atoms with Crippen LogP contribution in [-0.4, -0.2) is 89.0 Å². The van der Waals surface area contributed by atoms with E-state index in [1.165, 1.54) is 83.5 Å². The molecular formula is C50H88O10. The van der Waals surface area contributed by atoms with Crippen LogP contribution in [0.3, 0.4) is 0 Å². The second-order valence-corrected chi connectivity index (χ2v) is 16.5. The maximum Gasteiger partial charge on any atom is 0.306 e. The fraction of sp³-hybridized carbons (Fsp3) is 0.800. The summed E-state index contributed by atoms with van der Waals surface area (Å²) in [6.45, 7) is 3.31. The summed E-state index contributed by atoms with van der Waals surface area (Å²) in [4.78, 5) is 25.4. The summed E-state index contributed by atoms with van der Waals surface area (Å²) in [5.74, 6) is -0.818. The predicted molar refractivity (Wildman–Crippen MR) is 242 cm³/mol. The van der Waals surface area contributed by atoms with Gasteiger partial charge < -0.3 is 39.4 Å². The summed E-state index contributed by atoms with van der Waals surface area (Å²) >= 11 is 0. The Balaban J connectivity index is 2.30. The number of rotatable bonds is 40. The average Bonchev–Trinajstić information content (AvgIpc) is 3.25. The minimum atomic E-state index is -1.60. The first-order valence-corrected chi connectivity index (χ1v) is 24.2. The van der Waals surface area contributed by atoms with Gasteiger partial charge in [0.2, 0.25) is 0 Å². The van der Waals surface area contributed by atoms with Gasteiger partial charge in [0, 0.05) is 12.8 Å². The number of carbonyl (C=O) groups excluding carboxylic acids is 2. The highest BCUT2D eigenvalue weighted by Gasteiger charge is 2.44. The monoisotopic (exact) mass is 849 g/mol. The first-order valence-electron chi connectivity index (χ1n) is 24.2. The fourth-order valence-corrected chi connectivity index (χ4v) is 7.18. The lowest BCUT2D eigenvalue weighted by molar-refractivity contribution is -0.305. The number of hydrogen-bond acceptors (Lipinski definition) is 10. The minimum absolute atomic E-state index is 0.214. The lowest BCUT2D eigenvalue weighted by atomic mass is 9.99. The zero-order valence-corrected chi connectivity index (χ0v) is 37.9. The van der Waals surface area contributed by atoms with E-state index in [-0.39, 0.29) is 32.0 Å². The van der Waals surface area contributed by atoms with Crippen LogP contribution < -0.4 is 0 Å². The van der Waals surface area contributed by atoms with E-state index in [9.17, 15) is 30.0 Å². The number of carbonyl (C=O) groups is 2. The highest BCUT2D eigenvalue weighted by molar-refractivity contribution is 5.70. The highest BCUT2D eigenvalue weighted by Crippen LogP contribution is 2.23. The molecule has 348 valence electrons. The molecule has 0 spiro atoms. The number of hydrogen-bond donors (Lipinski definition) is 4. The van der Waals surface area contributed by atoms with E-state index in [4.69, 9.17) is 18.9 Å². The van der Waals surface area contributed by atoms with Gasteiger partial charge in [0.1, 0.15) is 31.0 Å². The molecule has 0 aromatic heterocycles. The van der Waals surface area contributed by atoms with Gasteiger partial charge in [-0.2, -0.15) is 0 Å². The normalized spacial score (nSPS) is 20.3. The van der Waals surface area contributed by atoms with Crippen molar-refractivity contribution in [1.82, 2.24) is 0 Å². The van der Waals surface area contributed by atoms with E-state index in [1.54, 1.807) is 0 Å². The van der Waals surface area contributed by atoms with Gasteiger partial charge in [-0.15, -0.1) is 0 Å². The molecule has 10 nitrogen and oxygen atoms in total. The van der Waals surface area contributed by atoms with Gasteiger partial charge in [-0.1, -0.05) is 184 Å². The summed E-state index contributed by atoms with van der Waals surface area (Å²) in [7, 11) is 0. The molecule has 60 heavy (non-hydrogen) atoms. The number of esters is 2. The van der Waals surface area contributed by atoms with Crippen molar-refractivity contribution >= 4 is 11.9 Å². The SMILES string of the molecule is CC/C=C\C/C=C\C/C=C\C/C=C\CCCCCCCCC(=O)OC(COC(=O)CCCCCCCCCCCCCCCCCC)COC1OC(CO)C(O)C(O)C1O. The van der Waals surface area contributed by atoms with Crippen molar-refractivity contribution in [2.45, 2.75) is 237 Å². The second kappa shape index (κ2) is 40.7. The van der Waals surface area contributed by atoms with Crippen LogP contribution in [0.2, 0.25) is 0 Å². The van der Waals surface area contributed by atoms with Gasteiger partial charge in [-0.05, 0) is 51.4 Å². The van der Waals surface area contributed by atoms with Crippen molar-refractivity contribution in [2.75, 3.05) is 19.8 Å². The van der Waals surface area contributed by atoms with E-state index < -0.39 is 49.4 Å². The number of allylic oxidation sites excluding steroid dienone is 8. The van der Waals surface area contributed by atoms with Crippen LogP contribution >= 0.6 is 0 Å². The maximum absolute atomic E-state index is 12.8. The summed E-state index contributed by atoms with van der Waals surface area (Å²) in [5, 5.41) is 40.1. The average molecular weight is 849 g/mol. The van der Waals surface area contributed by atoms with E-state index in [0.717, 1.165) is 83.5 Å². The summed E-state index contributed by atoms with van der Waals surface area (Å²) < 4.78 is 22.2. The van der Waals surface area contributed by atoms with Crippen LogP contribution in [0, 0.1) is 0 Å². The Morgan fingerprint density at radius 2 is 0.983 bits per heavy atom. The van der Waals surface area contributed by atoms with Crippen molar-refractivity contribution in [3.05, 3.63) is 48.6 Å². The van der Waals surface area contributed by atoms with Crippen LogP contribution in [-0.2, 0) is 28.5 Å². The van der Waals surface area contributed by atoms with Crippen molar-refractivity contribution < 1.29 is 49.0 Å². The van der Waals surface area contributed by atoms with E-state index in [1.807, 2.05) is 0 Å². The fourth-order valence-electron chi connectivity index (χ4n) is 7.18. The largest absolute Gasteiger partial charge is 0.462 e. The molecule has 1 aliphatic rings. The third-order valence-corrected chi connectivity index (χ3v) is 11.0. The molecule has 0 aliphatic carbocycles. The summed E-state index contributed by atoms with van der Waals surface area (Å²) in [5.41, 5.74) is 0. The Bertz CT molecular complexity index is 1120. The minimum Gasteiger partial charge on any atom is -0.462 e. The molecular weight excluding hydrogens is 761 g/mol. The maximum atomic E-state index is 12.8. The molecule has 0 aromatic carbocycles. The summed E-state index contributed by atoms with van der Waals surface area (Å²) in [6, 6.07) is 0. The molecule has 1 fully saturated rings. The molecule has 0 amide bonds. The quantitative estimate of drug-likeness (QED) is 0.0266. The summed E-state index contributed by atoms with van der Waals surface area (Å²) in [6.07, 6.45) is 41.1. The zero-order chi connectivity index (χ0) is 43.7. The van der Waals surface area contributed by atoms with Crippen molar-refractivity contribution in [3.63, 3.8) is 0 Å². The third-order valence-electron chi connectivity index (χ3n) is 11.0. The molecule has 6 atom stereocenters. The predicted octanol–water partition coefficient (Wildman–Crippen LogP) is 10.8. The lowest BCUT2D eigenvalue weighted by Gasteiger charge is -2.39. The van der Waals surface area contributed by atoms with Gasteiger partial charge in [0.05, 0.1) is 13.2 Å². The van der Waals surface area contributed by atoms with Crippen molar-refractivity contribution in [3.8, 4) is 0 Å². The van der Waals surface area contributed by atoms with Crippen LogP contribution in [0.25, 0.3) is 0 Å². The molecule has 1 aliphatic heterocycles. The number of aliphatic hydroxyl groups is 4. The van der Waals surface area contributed by atoms with Gasteiger partial charge >= 0.3 is 11.9 Å². The molecule has 6 unspecified atom stereocenters. The number of ether oxygens (including phenoxy) is 4. The van der Waals surface area contributed by atoms with Crippen LogP contribution in [0.4, 0.5) is 0 Å². The standard InChI is InChI=1S/C50H88O10/c1-3-5-7-9-11-13-15-17-19-21-22-23-25-27-29-31-33-35-37-39-46(53)59-43(42-58-50-49(56)48(55)47(54)44(40-51)60-50)41-57-45(52)38-36-34-32-30-28-26-24-20-18-16-14-12-10-8-6-4-2/h5,7,11,13,17,19,22-23,43-44,47-51,54-56H,3-4,6,8-10,12,14-16,18,20-21,24-42H2,1-2H3/b7-5-,13-11-,19-17-,23-22-. The third kappa shape index (κ3) is 31.5. The molecule has 0 bridgehead atoms. The van der Waals surface area contributed by atoms with Crippen LogP contribution in [0.1, 0.15) is 200 Å². The van der Waals surface area contributed by atoms with Crippen molar-refractivity contribution in [1.29, 1.82) is 0 Å². The lowest BCUT2D eigenvalue weighted by Crippen LogP contribution is -2.59. The molecule has 0 radical (unpaired) electrons. The van der Waals surface area contributed by atoms with Gasteiger partial charge in [0.25, 0.3) is 0 Å². The van der Waals surface area contributed by atoms with Gasteiger partial charge in [-0.3, -0.25) is 9.59 Å². The molecule has 1 heterocycles. The Kier molecular flexibility index (Phi) is 37.8. The second-order valence-electron chi connectivity index (χ2n) is 16.5. The van der Waals surface area contributed by atoms with Crippen LogP contribution in [0.5, 0.6) is 0 Å². The van der Waals surface area contributed by atoms with E-state index >= 15 is 0 Å². The number of aliphatic hydroxyl groups excluding tert-OH is 4.